The first-order chi connectivity index (χ1) is 9.38. The van der Waals surface area contributed by atoms with Crippen LogP contribution in [-0.2, 0) is 14.4 Å². The highest BCUT2D eigenvalue weighted by atomic mass is 16.4. The average Bonchev–Trinajstić information content (AvgIpc) is 2.45. The molecular weight excluding hydrogens is 260 g/mol. The van der Waals surface area contributed by atoms with Gasteiger partial charge in [0.25, 0.3) is 0 Å². The van der Waals surface area contributed by atoms with Crippen LogP contribution >= 0.6 is 0 Å². The average molecular weight is 284 g/mol. The van der Waals surface area contributed by atoms with E-state index in [1.165, 1.54) is 18.9 Å². The van der Waals surface area contributed by atoms with Gasteiger partial charge in [0.1, 0.15) is 6.04 Å². The molecule has 1 rings (SSSR count). The minimum absolute atomic E-state index is 0.0823. The van der Waals surface area contributed by atoms with E-state index in [2.05, 4.69) is 0 Å². The van der Waals surface area contributed by atoms with Crippen LogP contribution in [0.5, 0.6) is 0 Å². The third-order valence-corrected chi connectivity index (χ3v) is 3.87. The minimum Gasteiger partial charge on any atom is -0.480 e. The Morgan fingerprint density at radius 2 is 2.05 bits per heavy atom. The van der Waals surface area contributed by atoms with Crippen molar-refractivity contribution in [2.24, 2.45) is 5.92 Å². The number of amides is 2. The first-order valence-corrected chi connectivity index (χ1v) is 7.15. The molecule has 1 fully saturated rings. The normalized spacial score (nSPS) is 20.4. The van der Waals surface area contributed by atoms with E-state index in [-0.39, 0.29) is 17.7 Å². The van der Waals surface area contributed by atoms with Crippen LogP contribution in [-0.4, -0.2) is 58.9 Å². The smallest absolute Gasteiger partial charge is 0.326 e. The molecule has 0 spiro atoms. The van der Waals surface area contributed by atoms with Crippen LogP contribution in [0.4, 0.5) is 0 Å². The van der Waals surface area contributed by atoms with Crippen molar-refractivity contribution in [2.45, 2.75) is 45.6 Å². The maximum Gasteiger partial charge on any atom is 0.326 e. The molecule has 0 aliphatic carbocycles. The summed E-state index contributed by atoms with van der Waals surface area (Å²) in [4.78, 5) is 38.1. The fourth-order valence-corrected chi connectivity index (χ4v) is 2.42. The zero-order valence-corrected chi connectivity index (χ0v) is 12.5. The minimum atomic E-state index is -1.02. The van der Waals surface area contributed by atoms with Crippen LogP contribution in [0.3, 0.4) is 0 Å². The maximum absolute atomic E-state index is 12.3. The number of carbonyl (C=O) groups is 3. The SMILES string of the molecule is CCCC(=O)N1CCCC(C(=O)N(C)C(C)C(=O)O)C1. The zero-order valence-electron chi connectivity index (χ0n) is 12.5. The van der Waals surface area contributed by atoms with Crippen LogP contribution in [0, 0.1) is 5.92 Å². The molecule has 1 saturated heterocycles. The zero-order chi connectivity index (χ0) is 15.3. The Kier molecular flexibility index (Phi) is 5.98. The third-order valence-electron chi connectivity index (χ3n) is 3.87. The molecule has 0 radical (unpaired) electrons. The molecule has 2 unspecified atom stereocenters. The molecule has 1 heterocycles. The summed E-state index contributed by atoms with van der Waals surface area (Å²) < 4.78 is 0. The van der Waals surface area contributed by atoms with Gasteiger partial charge in [-0.05, 0) is 26.2 Å². The van der Waals surface area contributed by atoms with Crippen molar-refractivity contribution in [3.05, 3.63) is 0 Å². The quantitative estimate of drug-likeness (QED) is 0.815. The summed E-state index contributed by atoms with van der Waals surface area (Å²) in [6, 6.07) is -0.843. The van der Waals surface area contributed by atoms with Crippen LogP contribution in [0.25, 0.3) is 0 Å². The number of carbonyl (C=O) groups excluding carboxylic acids is 2. The number of likely N-dealkylation sites (N-methyl/N-ethyl adjacent to an activating group) is 1. The number of hydrogen-bond acceptors (Lipinski definition) is 3. The summed E-state index contributed by atoms with van der Waals surface area (Å²) in [5.41, 5.74) is 0. The van der Waals surface area contributed by atoms with E-state index >= 15 is 0 Å². The fourth-order valence-electron chi connectivity index (χ4n) is 2.42. The van der Waals surface area contributed by atoms with E-state index < -0.39 is 12.0 Å². The Hall–Kier alpha value is -1.59. The lowest BCUT2D eigenvalue weighted by Crippen LogP contribution is -2.49. The fraction of sp³-hybridized carbons (Fsp3) is 0.786. The van der Waals surface area contributed by atoms with Crippen LogP contribution in [0.1, 0.15) is 39.5 Å². The summed E-state index contributed by atoms with van der Waals surface area (Å²) >= 11 is 0. The summed E-state index contributed by atoms with van der Waals surface area (Å²) in [7, 11) is 1.51. The molecule has 1 aliphatic heterocycles. The van der Waals surface area contributed by atoms with E-state index in [9.17, 15) is 14.4 Å². The Balaban J connectivity index is 2.64. The number of hydrogen-bond donors (Lipinski definition) is 1. The number of likely N-dealkylation sites (tertiary alicyclic amines) is 1. The maximum atomic E-state index is 12.3. The monoisotopic (exact) mass is 284 g/mol. The van der Waals surface area contributed by atoms with Crippen molar-refractivity contribution < 1.29 is 19.5 Å². The van der Waals surface area contributed by atoms with E-state index in [0.717, 1.165) is 12.8 Å². The van der Waals surface area contributed by atoms with Crippen LogP contribution < -0.4 is 0 Å². The molecule has 1 N–H and O–H groups in total. The van der Waals surface area contributed by atoms with Gasteiger partial charge in [-0.2, -0.15) is 0 Å². The van der Waals surface area contributed by atoms with Gasteiger partial charge in [-0.15, -0.1) is 0 Å². The Labute approximate surface area is 119 Å². The second kappa shape index (κ2) is 7.26. The highest BCUT2D eigenvalue weighted by Crippen LogP contribution is 2.20. The largest absolute Gasteiger partial charge is 0.480 e. The Morgan fingerprint density at radius 1 is 1.40 bits per heavy atom. The summed E-state index contributed by atoms with van der Waals surface area (Å²) in [5.74, 6) is -1.40. The topological polar surface area (TPSA) is 77.9 Å². The standard InChI is InChI=1S/C14H24N2O4/c1-4-6-12(17)16-8-5-7-11(9-16)13(18)15(3)10(2)14(19)20/h10-11H,4-9H2,1-3H3,(H,19,20). The van der Waals surface area contributed by atoms with Crippen LogP contribution in [0.15, 0.2) is 0 Å². The Morgan fingerprint density at radius 3 is 2.60 bits per heavy atom. The summed E-state index contributed by atoms with van der Waals surface area (Å²) in [6.07, 6.45) is 2.80. The van der Waals surface area contributed by atoms with Crippen molar-refractivity contribution in [1.82, 2.24) is 9.80 Å². The van der Waals surface area contributed by atoms with Crippen molar-refractivity contribution >= 4 is 17.8 Å². The third kappa shape index (κ3) is 3.95. The van der Waals surface area contributed by atoms with Gasteiger partial charge in [0.15, 0.2) is 0 Å². The first-order valence-electron chi connectivity index (χ1n) is 7.15. The molecule has 0 aromatic carbocycles. The van der Waals surface area contributed by atoms with E-state index in [1.807, 2.05) is 6.92 Å². The molecule has 2 amide bonds. The van der Waals surface area contributed by atoms with Gasteiger partial charge in [0, 0.05) is 26.6 Å². The van der Waals surface area contributed by atoms with Gasteiger partial charge >= 0.3 is 5.97 Å². The van der Waals surface area contributed by atoms with Crippen molar-refractivity contribution in [2.75, 3.05) is 20.1 Å². The van der Waals surface area contributed by atoms with Gasteiger partial charge in [-0.3, -0.25) is 9.59 Å². The lowest BCUT2D eigenvalue weighted by Gasteiger charge is -2.35. The van der Waals surface area contributed by atoms with Gasteiger partial charge in [-0.1, -0.05) is 6.92 Å². The number of rotatable bonds is 5. The lowest BCUT2D eigenvalue weighted by molar-refractivity contribution is -0.151. The Bertz CT molecular complexity index is 383. The lowest BCUT2D eigenvalue weighted by atomic mass is 9.95. The van der Waals surface area contributed by atoms with E-state index in [4.69, 9.17) is 5.11 Å². The van der Waals surface area contributed by atoms with E-state index in [0.29, 0.717) is 25.9 Å². The second-order valence-electron chi connectivity index (χ2n) is 5.39. The first kappa shape index (κ1) is 16.5. The van der Waals surface area contributed by atoms with Crippen LogP contribution in [0.2, 0.25) is 0 Å². The predicted octanol–water partition coefficient (Wildman–Crippen LogP) is 0.957. The van der Waals surface area contributed by atoms with Gasteiger partial charge in [-0.25, -0.2) is 4.79 Å². The second-order valence-corrected chi connectivity index (χ2v) is 5.39. The van der Waals surface area contributed by atoms with Gasteiger partial charge < -0.3 is 14.9 Å². The summed E-state index contributed by atoms with van der Waals surface area (Å²) in [5, 5.41) is 8.95. The molecular formula is C14H24N2O4. The highest BCUT2D eigenvalue weighted by molar-refractivity contribution is 5.85. The molecule has 20 heavy (non-hydrogen) atoms. The molecule has 6 nitrogen and oxygen atoms in total. The molecule has 0 bridgehead atoms. The molecule has 0 saturated carbocycles. The van der Waals surface area contributed by atoms with Crippen molar-refractivity contribution in [1.29, 1.82) is 0 Å². The molecule has 1 aliphatic rings. The van der Waals surface area contributed by atoms with E-state index in [1.54, 1.807) is 4.90 Å². The molecule has 114 valence electrons. The van der Waals surface area contributed by atoms with Crippen molar-refractivity contribution in [3.8, 4) is 0 Å². The number of carboxylic acid groups (broad SMARTS) is 1. The highest BCUT2D eigenvalue weighted by Gasteiger charge is 2.32. The molecule has 2 atom stereocenters. The van der Waals surface area contributed by atoms with Gasteiger partial charge in [0.05, 0.1) is 5.92 Å². The number of aliphatic carboxylic acids is 1. The summed E-state index contributed by atoms with van der Waals surface area (Å²) in [6.45, 7) is 4.55. The molecule has 0 aromatic rings. The number of nitrogens with zero attached hydrogens (tertiary/aromatic N) is 2. The van der Waals surface area contributed by atoms with Gasteiger partial charge in [0.2, 0.25) is 11.8 Å². The van der Waals surface area contributed by atoms with Crippen molar-refractivity contribution in [3.63, 3.8) is 0 Å². The molecule has 6 heteroatoms. The molecule has 0 aromatic heterocycles. The predicted molar refractivity (Wildman–Crippen MR) is 74.1 cm³/mol. The number of carboxylic acids is 1. The number of piperidine rings is 1.